The van der Waals surface area contributed by atoms with Gasteiger partial charge in [0.2, 0.25) is 0 Å². The molecule has 1 nitrogen and oxygen atoms in total. The zero-order valence-electron chi connectivity index (χ0n) is 12.0. The number of halogens is 2. The van der Waals surface area contributed by atoms with Crippen molar-refractivity contribution in [3.8, 4) is 0 Å². The molecule has 106 valence electrons. The van der Waals surface area contributed by atoms with Gasteiger partial charge in [-0.2, -0.15) is 0 Å². The molecule has 0 aliphatic heterocycles. The van der Waals surface area contributed by atoms with Crippen LogP contribution in [0.1, 0.15) is 46.5 Å². The van der Waals surface area contributed by atoms with Crippen molar-refractivity contribution < 1.29 is 0 Å². The first-order chi connectivity index (χ1) is 8.89. The van der Waals surface area contributed by atoms with Crippen LogP contribution in [0.3, 0.4) is 0 Å². The molecule has 1 aromatic rings. The zero-order chi connectivity index (χ0) is 14.0. The van der Waals surface area contributed by atoms with Crippen molar-refractivity contribution in [2.45, 2.75) is 52.5 Å². The van der Waals surface area contributed by atoms with E-state index in [9.17, 15) is 0 Å². The van der Waals surface area contributed by atoms with E-state index in [1.165, 1.54) is 31.4 Å². The number of benzene rings is 1. The van der Waals surface area contributed by atoms with Crippen LogP contribution in [-0.4, -0.2) is 6.04 Å². The molecule has 0 amide bonds. The van der Waals surface area contributed by atoms with E-state index in [1.807, 2.05) is 0 Å². The Morgan fingerprint density at radius 2 is 1.63 bits per heavy atom. The van der Waals surface area contributed by atoms with E-state index in [1.54, 1.807) is 0 Å². The summed E-state index contributed by atoms with van der Waals surface area (Å²) in [5.41, 5.74) is 1.56. The molecule has 2 unspecified atom stereocenters. The second-order valence-electron chi connectivity index (χ2n) is 6.60. The molecule has 2 rings (SSSR count). The number of nitrogens with one attached hydrogen (secondary N) is 1. The van der Waals surface area contributed by atoms with Crippen LogP contribution < -0.4 is 5.32 Å². The van der Waals surface area contributed by atoms with Gasteiger partial charge in [-0.05, 0) is 68.2 Å². The fourth-order valence-electron chi connectivity index (χ4n) is 3.16. The number of hydrogen-bond donors (Lipinski definition) is 1. The van der Waals surface area contributed by atoms with Gasteiger partial charge in [-0.25, -0.2) is 0 Å². The van der Waals surface area contributed by atoms with E-state index in [0.29, 0.717) is 11.5 Å². The summed E-state index contributed by atoms with van der Waals surface area (Å²) >= 11 is 7.30. The van der Waals surface area contributed by atoms with Crippen molar-refractivity contribution in [2.75, 3.05) is 5.32 Å². The Labute approximate surface area is 133 Å². The second kappa shape index (κ2) is 6.17. The SMILES string of the molecule is CC(C)(C)C1CCCCC1Nc1c(Br)cccc1Br. The topological polar surface area (TPSA) is 12.0 Å². The highest BCUT2D eigenvalue weighted by molar-refractivity contribution is 9.11. The van der Waals surface area contributed by atoms with E-state index in [2.05, 4.69) is 76.1 Å². The minimum atomic E-state index is 0.367. The van der Waals surface area contributed by atoms with E-state index in [4.69, 9.17) is 0 Å². The Morgan fingerprint density at radius 3 is 2.21 bits per heavy atom. The molecule has 0 radical (unpaired) electrons. The molecule has 1 N–H and O–H groups in total. The van der Waals surface area contributed by atoms with Gasteiger partial charge < -0.3 is 5.32 Å². The molecule has 0 aromatic heterocycles. The molecule has 1 saturated carbocycles. The fourth-order valence-corrected chi connectivity index (χ4v) is 4.39. The molecule has 1 fully saturated rings. The van der Waals surface area contributed by atoms with Gasteiger partial charge in [-0.15, -0.1) is 0 Å². The fraction of sp³-hybridized carbons (Fsp3) is 0.625. The van der Waals surface area contributed by atoms with Crippen molar-refractivity contribution in [2.24, 2.45) is 11.3 Å². The van der Waals surface area contributed by atoms with E-state index in [0.717, 1.165) is 14.9 Å². The van der Waals surface area contributed by atoms with E-state index < -0.39 is 0 Å². The molecular formula is C16H23Br2N. The van der Waals surface area contributed by atoms with Gasteiger partial charge in [0.05, 0.1) is 5.69 Å². The largest absolute Gasteiger partial charge is 0.380 e. The molecular weight excluding hydrogens is 366 g/mol. The normalized spacial score (nSPS) is 24.3. The predicted octanol–water partition coefficient (Wildman–Crippen LogP) is 6.23. The number of rotatable bonds is 2. The van der Waals surface area contributed by atoms with Crippen LogP contribution in [0.25, 0.3) is 0 Å². The molecule has 0 bridgehead atoms. The molecule has 0 spiro atoms. The summed E-state index contributed by atoms with van der Waals surface area (Å²) in [7, 11) is 0. The maximum atomic E-state index is 3.78. The van der Waals surface area contributed by atoms with Crippen molar-refractivity contribution in [1.82, 2.24) is 0 Å². The highest BCUT2D eigenvalue weighted by Crippen LogP contribution is 2.41. The van der Waals surface area contributed by atoms with Crippen LogP contribution in [0.15, 0.2) is 27.1 Å². The highest BCUT2D eigenvalue weighted by Gasteiger charge is 2.34. The van der Waals surface area contributed by atoms with Crippen molar-refractivity contribution in [3.05, 3.63) is 27.1 Å². The highest BCUT2D eigenvalue weighted by atomic mass is 79.9. The van der Waals surface area contributed by atoms with Gasteiger partial charge in [-0.1, -0.05) is 39.7 Å². The Morgan fingerprint density at radius 1 is 1.05 bits per heavy atom. The lowest BCUT2D eigenvalue weighted by Gasteiger charge is -2.41. The third-order valence-electron chi connectivity index (χ3n) is 4.17. The summed E-state index contributed by atoms with van der Waals surface area (Å²) in [6, 6.07) is 6.83. The third-order valence-corrected chi connectivity index (χ3v) is 5.49. The second-order valence-corrected chi connectivity index (χ2v) is 8.31. The molecule has 1 aromatic carbocycles. The quantitative estimate of drug-likeness (QED) is 0.633. The van der Waals surface area contributed by atoms with Gasteiger partial charge in [0.25, 0.3) is 0 Å². The average Bonchev–Trinajstić information content (AvgIpc) is 2.33. The van der Waals surface area contributed by atoms with Crippen LogP contribution in [0.2, 0.25) is 0 Å². The first kappa shape index (κ1) is 15.4. The lowest BCUT2D eigenvalue weighted by molar-refractivity contribution is 0.163. The maximum absolute atomic E-state index is 3.78. The lowest BCUT2D eigenvalue weighted by Crippen LogP contribution is -2.39. The molecule has 19 heavy (non-hydrogen) atoms. The molecule has 1 aliphatic rings. The van der Waals surface area contributed by atoms with Crippen LogP contribution in [-0.2, 0) is 0 Å². The standard InChI is InChI=1S/C16H23Br2N/c1-16(2,3)11-7-4-5-10-14(11)19-15-12(17)8-6-9-13(15)18/h6,8-9,11,14,19H,4-5,7,10H2,1-3H3. The molecule has 0 heterocycles. The Balaban J connectivity index is 2.20. The van der Waals surface area contributed by atoms with E-state index in [-0.39, 0.29) is 0 Å². The summed E-state index contributed by atoms with van der Waals surface area (Å²) in [6.45, 7) is 7.10. The summed E-state index contributed by atoms with van der Waals surface area (Å²) in [5, 5.41) is 3.78. The smallest absolute Gasteiger partial charge is 0.0631 e. The first-order valence-corrected chi connectivity index (χ1v) is 8.69. The van der Waals surface area contributed by atoms with Crippen molar-refractivity contribution in [3.63, 3.8) is 0 Å². The Kier molecular flexibility index (Phi) is 4.99. The maximum Gasteiger partial charge on any atom is 0.0631 e. The van der Waals surface area contributed by atoms with Gasteiger partial charge in [-0.3, -0.25) is 0 Å². The number of hydrogen-bond acceptors (Lipinski definition) is 1. The lowest BCUT2D eigenvalue weighted by atomic mass is 9.69. The summed E-state index contributed by atoms with van der Waals surface area (Å²) in [6.07, 6.45) is 5.32. The summed E-state index contributed by atoms with van der Waals surface area (Å²) in [4.78, 5) is 0. The summed E-state index contributed by atoms with van der Waals surface area (Å²) in [5.74, 6) is 0.736. The first-order valence-electron chi connectivity index (χ1n) is 7.10. The number of para-hydroxylation sites is 1. The van der Waals surface area contributed by atoms with Crippen molar-refractivity contribution >= 4 is 37.5 Å². The van der Waals surface area contributed by atoms with Crippen LogP contribution in [0, 0.1) is 11.3 Å². The molecule has 2 atom stereocenters. The summed E-state index contributed by atoms with van der Waals surface area (Å²) < 4.78 is 2.28. The van der Waals surface area contributed by atoms with E-state index >= 15 is 0 Å². The Bertz CT molecular complexity index is 417. The van der Waals surface area contributed by atoms with Crippen LogP contribution >= 0.6 is 31.9 Å². The van der Waals surface area contributed by atoms with Crippen LogP contribution in [0.4, 0.5) is 5.69 Å². The molecule has 1 aliphatic carbocycles. The van der Waals surface area contributed by atoms with Crippen molar-refractivity contribution in [1.29, 1.82) is 0 Å². The van der Waals surface area contributed by atoms with Gasteiger partial charge in [0.15, 0.2) is 0 Å². The van der Waals surface area contributed by atoms with Gasteiger partial charge in [0.1, 0.15) is 0 Å². The minimum Gasteiger partial charge on any atom is -0.380 e. The number of anilines is 1. The Hall–Kier alpha value is -0.0200. The molecule has 0 saturated heterocycles. The average molecular weight is 389 g/mol. The third kappa shape index (κ3) is 3.75. The zero-order valence-corrected chi connectivity index (χ0v) is 15.1. The van der Waals surface area contributed by atoms with Gasteiger partial charge >= 0.3 is 0 Å². The molecule has 3 heteroatoms. The van der Waals surface area contributed by atoms with Crippen LogP contribution in [0.5, 0.6) is 0 Å². The predicted molar refractivity (Wildman–Crippen MR) is 90.7 cm³/mol. The van der Waals surface area contributed by atoms with Gasteiger partial charge in [0, 0.05) is 15.0 Å². The minimum absolute atomic E-state index is 0.367. The monoisotopic (exact) mass is 387 g/mol.